The van der Waals surface area contributed by atoms with Crippen LogP contribution in [0, 0.1) is 5.92 Å². The van der Waals surface area contributed by atoms with Gasteiger partial charge in [-0.15, -0.1) is 0 Å². The number of hydrogen-bond donors (Lipinski definition) is 2. The highest BCUT2D eigenvalue weighted by atomic mass is 16.5. The Balaban J connectivity index is 1.61. The third-order valence-electron chi connectivity index (χ3n) is 4.57. The standard InChI is InChI=1S/C19H24N4O3/c1-23(2)19(25)21-10-18(24)22-17-12-26-11-14(17)9-13-7-8-20-16-6-4-3-5-15(13)16/h3-8,14,17H,9-12H2,1-2H3,(H,21,25)(H,22,24)/t14-,17-/m1/s1. The molecule has 0 radical (unpaired) electrons. The normalized spacial score (nSPS) is 19.3. The first-order valence-electron chi connectivity index (χ1n) is 8.69. The molecule has 138 valence electrons. The topological polar surface area (TPSA) is 83.6 Å². The SMILES string of the molecule is CN(C)C(=O)NCC(=O)N[C@@H]1COC[C@H]1Cc1ccnc2ccccc12. The Labute approximate surface area is 152 Å². The largest absolute Gasteiger partial charge is 0.379 e. The number of carbonyl (C=O) groups is 2. The van der Waals surface area contributed by atoms with Crippen molar-refractivity contribution in [1.29, 1.82) is 0 Å². The van der Waals surface area contributed by atoms with Crippen molar-refractivity contribution in [2.45, 2.75) is 12.5 Å². The maximum atomic E-state index is 12.1. The summed E-state index contributed by atoms with van der Waals surface area (Å²) in [6, 6.07) is 9.72. The van der Waals surface area contributed by atoms with Crippen LogP contribution in [0.4, 0.5) is 4.79 Å². The zero-order valence-electron chi connectivity index (χ0n) is 15.1. The van der Waals surface area contributed by atoms with Gasteiger partial charge in [-0.2, -0.15) is 0 Å². The molecule has 0 spiro atoms. The highest BCUT2D eigenvalue weighted by molar-refractivity contribution is 5.84. The van der Waals surface area contributed by atoms with Crippen molar-refractivity contribution in [2.75, 3.05) is 33.9 Å². The van der Waals surface area contributed by atoms with Crippen molar-refractivity contribution < 1.29 is 14.3 Å². The van der Waals surface area contributed by atoms with Crippen molar-refractivity contribution in [2.24, 2.45) is 5.92 Å². The Morgan fingerprint density at radius 3 is 2.85 bits per heavy atom. The minimum Gasteiger partial charge on any atom is -0.379 e. The van der Waals surface area contributed by atoms with Crippen LogP contribution in [0.3, 0.4) is 0 Å². The number of fused-ring (bicyclic) bond motifs is 1. The monoisotopic (exact) mass is 356 g/mol. The van der Waals surface area contributed by atoms with Gasteiger partial charge in [0.15, 0.2) is 0 Å². The first-order chi connectivity index (χ1) is 12.5. The van der Waals surface area contributed by atoms with Crippen molar-refractivity contribution >= 4 is 22.8 Å². The molecule has 1 aliphatic heterocycles. The Kier molecular flexibility index (Phi) is 5.68. The lowest BCUT2D eigenvalue weighted by molar-refractivity contribution is -0.121. The average molecular weight is 356 g/mol. The first kappa shape index (κ1) is 18.1. The lowest BCUT2D eigenvalue weighted by atomic mass is 9.93. The van der Waals surface area contributed by atoms with E-state index in [1.165, 1.54) is 10.5 Å². The minimum absolute atomic E-state index is 0.0432. The van der Waals surface area contributed by atoms with E-state index >= 15 is 0 Å². The first-order valence-corrected chi connectivity index (χ1v) is 8.69. The number of nitrogens with one attached hydrogen (secondary N) is 2. The van der Waals surface area contributed by atoms with Gasteiger partial charge in [-0.3, -0.25) is 9.78 Å². The number of rotatable bonds is 5. The fraction of sp³-hybridized carbons (Fsp3) is 0.421. The molecular formula is C19H24N4O3. The smallest absolute Gasteiger partial charge is 0.317 e. The van der Waals surface area contributed by atoms with Crippen LogP contribution in [0.5, 0.6) is 0 Å². The van der Waals surface area contributed by atoms with Crippen LogP contribution in [0.25, 0.3) is 10.9 Å². The fourth-order valence-electron chi connectivity index (χ4n) is 3.15. The van der Waals surface area contributed by atoms with Gasteiger partial charge >= 0.3 is 6.03 Å². The molecule has 7 heteroatoms. The van der Waals surface area contributed by atoms with Crippen molar-refractivity contribution in [1.82, 2.24) is 20.5 Å². The Morgan fingerprint density at radius 2 is 2.04 bits per heavy atom. The van der Waals surface area contributed by atoms with Crippen molar-refractivity contribution in [3.63, 3.8) is 0 Å². The number of aromatic nitrogens is 1. The number of hydrogen-bond acceptors (Lipinski definition) is 4. The quantitative estimate of drug-likeness (QED) is 0.843. The van der Waals surface area contributed by atoms with Crippen LogP contribution < -0.4 is 10.6 Å². The second kappa shape index (κ2) is 8.14. The van der Waals surface area contributed by atoms with Crippen molar-refractivity contribution in [3.05, 3.63) is 42.1 Å². The summed E-state index contributed by atoms with van der Waals surface area (Å²) in [6.07, 6.45) is 2.62. The highest BCUT2D eigenvalue weighted by Gasteiger charge is 2.30. The molecule has 2 aromatic rings. The van der Waals surface area contributed by atoms with E-state index in [4.69, 9.17) is 4.74 Å². The maximum absolute atomic E-state index is 12.1. The van der Waals surface area contributed by atoms with Gasteiger partial charge in [0.05, 0.1) is 31.3 Å². The van der Waals surface area contributed by atoms with Gasteiger partial charge in [0.25, 0.3) is 0 Å². The molecule has 1 aliphatic rings. The van der Waals surface area contributed by atoms with Crippen molar-refractivity contribution in [3.8, 4) is 0 Å². The summed E-state index contributed by atoms with van der Waals surface area (Å²) in [6.45, 7) is 1.05. The molecule has 0 unspecified atom stereocenters. The molecule has 1 aromatic carbocycles. The van der Waals surface area contributed by atoms with Crippen LogP contribution in [-0.2, 0) is 16.0 Å². The van der Waals surface area contributed by atoms with Crippen LogP contribution in [0.2, 0.25) is 0 Å². The summed E-state index contributed by atoms with van der Waals surface area (Å²) < 4.78 is 5.59. The summed E-state index contributed by atoms with van der Waals surface area (Å²) in [5.74, 6) is -0.0189. The summed E-state index contributed by atoms with van der Waals surface area (Å²) in [5.41, 5.74) is 2.17. The molecule has 7 nitrogen and oxygen atoms in total. The van der Waals surface area contributed by atoms with Gasteiger partial charge in [-0.05, 0) is 24.1 Å². The molecule has 1 fully saturated rings. The maximum Gasteiger partial charge on any atom is 0.317 e. The molecule has 2 N–H and O–H groups in total. The molecular weight excluding hydrogens is 332 g/mol. The van der Waals surface area contributed by atoms with Gasteiger partial charge in [0.1, 0.15) is 0 Å². The molecule has 26 heavy (non-hydrogen) atoms. The van der Waals surface area contributed by atoms with Crippen LogP contribution >= 0.6 is 0 Å². The predicted molar refractivity (Wildman–Crippen MR) is 98.8 cm³/mol. The molecule has 3 amide bonds. The molecule has 0 aliphatic carbocycles. The molecule has 0 saturated carbocycles. The van der Waals surface area contributed by atoms with Crippen LogP contribution in [-0.4, -0.2) is 61.7 Å². The average Bonchev–Trinajstić information content (AvgIpc) is 3.06. The molecule has 3 rings (SSSR count). The van der Waals surface area contributed by atoms with Gasteiger partial charge in [-0.1, -0.05) is 18.2 Å². The zero-order chi connectivity index (χ0) is 18.5. The Morgan fingerprint density at radius 1 is 1.23 bits per heavy atom. The number of urea groups is 1. The van der Waals surface area contributed by atoms with E-state index in [9.17, 15) is 9.59 Å². The Hall–Kier alpha value is -2.67. The third-order valence-corrected chi connectivity index (χ3v) is 4.57. The van der Waals surface area contributed by atoms with E-state index < -0.39 is 0 Å². The second-order valence-electron chi connectivity index (χ2n) is 6.72. The van der Waals surface area contributed by atoms with Gasteiger partial charge in [0.2, 0.25) is 5.91 Å². The van der Waals surface area contributed by atoms with E-state index in [0.29, 0.717) is 13.2 Å². The highest BCUT2D eigenvalue weighted by Crippen LogP contribution is 2.24. The molecule has 2 heterocycles. The molecule has 1 saturated heterocycles. The number of benzene rings is 1. The Bertz CT molecular complexity index is 788. The molecule has 2 atom stereocenters. The van der Waals surface area contributed by atoms with Crippen LogP contribution in [0.1, 0.15) is 5.56 Å². The van der Waals surface area contributed by atoms with Gasteiger partial charge in [0, 0.05) is 31.6 Å². The second-order valence-corrected chi connectivity index (χ2v) is 6.72. The predicted octanol–water partition coefficient (Wildman–Crippen LogP) is 1.18. The van der Waals surface area contributed by atoms with Crippen LogP contribution in [0.15, 0.2) is 36.5 Å². The fourth-order valence-corrected chi connectivity index (χ4v) is 3.15. The van der Waals surface area contributed by atoms with E-state index in [1.807, 2.05) is 30.5 Å². The van der Waals surface area contributed by atoms with E-state index in [1.54, 1.807) is 14.1 Å². The number of ether oxygens (including phenoxy) is 1. The van der Waals surface area contributed by atoms with Gasteiger partial charge in [-0.25, -0.2) is 4.79 Å². The summed E-state index contributed by atoms with van der Waals surface area (Å²) in [5, 5.41) is 6.68. The lowest BCUT2D eigenvalue weighted by Crippen LogP contribution is -2.47. The lowest BCUT2D eigenvalue weighted by Gasteiger charge is -2.20. The number of amides is 3. The summed E-state index contributed by atoms with van der Waals surface area (Å²) in [4.78, 5) is 29.4. The van der Waals surface area contributed by atoms with Gasteiger partial charge < -0.3 is 20.3 Å². The summed E-state index contributed by atoms with van der Waals surface area (Å²) >= 11 is 0. The van der Waals surface area contributed by atoms with E-state index in [2.05, 4.69) is 21.7 Å². The number of pyridine rings is 1. The molecule has 0 bridgehead atoms. The number of para-hydroxylation sites is 1. The minimum atomic E-state index is -0.289. The van der Waals surface area contributed by atoms with E-state index in [0.717, 1.165) is 17.3 Å². The number of carbonyl (C=O) groups excluding carboxylic acids is 2. The third kappa shape index (κ3) is 4.29. The summed E-state index contributed by atoms with van der Waals surface area (Å²) in [7, 11) is 3.26. The molecule has 1 aromatic heterocycles. The number of nitrogens with zero attached hydrogens (tertiary/aromatic N) is 2. The van der Waals surface area contributed by atoms with E-state index in [-0.39, 0.29) is 30.4 Å². The zero-order valence-corrected chi connectivity index (χ0v) is 15.1.